The summed E-state index contributed by atoms with van der Waals surface area (Å²) in [5.41, 5.74) is 0.980. The number of hydrogen-bond donors (Lipinski definition) is 3. The first-order chi connectivity index (χ1) is 14.0. The fraction of sp³-hybridized carbons (Fsp3) is 0.316. The molecule has 0 saturated carbocycles. The van der Waals surface area contributed by atoms with Gasteiger partial charge in [0.2, 0.25) is 16.8 Å². The van der Waals surface area contributed by atoms with E-state index in [0.29, 0.717) is 36.4 Å². The van der Waals surface area contributed by atoms with Gasteiger partial charge in [-0.1, -0.05) is 23.7 Å². The Morgan fingerprint density at radius 3 is 2.72 bits per heavy atom. The van der Waals surface area contributed by atoms with Gasteiger partial charge in [0.1, 0.15) is 0 Å². The van der Waals surface area contributed by atoms with E-state index in [9.17, 15) is 8.42 Å². The topological polar surface area (TPSA) is 101 Å². The second-order valence-electron chi connectivity index (χ2n) is 6.16. The van der Waals surface area contributed by atoms with Crippen LogP contribution in [0.25, 0.3) is 0 Å². The average Bonchev–Trinajstić information content (AvgIpc) is 3.17. The largest absolute Gasteiger partial charge is 0.454 e. The van der Waals surface area contributed by atoms with Gasteiger partial charge in [-0.25, -0.2) is 18.1 Å². The highest BCUT2D eigenvalue weighted by Gasteiger charge is 2.14. The zero-order valence-electron chi connectivity index (χ0n) is 15.9. The molecule has 2 aromatic carbocycles. The van der Waals surface area contributed by atoms with E-state index in [0.717, 1.165) is 11.3 Å². The fourth-order valence-corrected chi connectivity index (χ4v) is 3.97. The molecule has 0 amide bonds. The van der Waals surface area contributed by atoms with Crippen molar-refractivity contribution in [1.29, 1.82) is 0 Å². The summed E-state index contributed by atoms with van der Waals surface area (Å²) in [5.74, 6) is 2.04. The molecule has 10 heteroatoms. The Kier molecular flexibility index (Phi) is 7.18. The summed E-state index contributed by atoms with van der Waals surface area (Å²) >= 11 is 5.86. The van der Waals surface area contributed by atoms with Gasteiger partial charge in [0.05, 0.1) is 11.4 Å². The third-order valence-electron chi connectivity index (χ3n) is 4.02. The minimum Gasteiger partial charge on any atom is -0.454 e. The lowest BCUT2D eigenvalue weighted by Gasteiger charge is -2.12. The molecule has 0 aromatic heterocycles. The fourth-order valence-electron chi connectivity index (χ4n) is 2.64. The van der Waals surface area contributed by atoms with E-state index in [1.54, 1.807) is 12.1 Å². The highest BCUT2D eigenvalue weighted by molar-refractivity contribution is 7.89. The number of rotatable bonds is 8. The number of nitrogens with one attached hydrogen (secondary N) is 3. The van der Waals surface area contributed by atoms with Crippen LogP contribution in [0, 0.1) is 0 Å². The van der Waals surface area contributed by atoms with Crippen LogP contribution in [0.15, 0.2) is 52.4 Å². The second kappa shape index (κ2) is 9.82. The summed E-state index contributed by atoms with van der Waals surface area (Å²) < 4.78 is 37.8. The van der Waals surface area contributed by atoms with Gasteiger partial charge in [0, 0.05) is 24.7 Å². The number of hydrogen-bond acceptors (Lipinski definition) is 5. The van der Waals surface area contributed by atoms with Crippen molar-refractivity contribution in [3.05, 3.63) is 53.1 Å². The standard InChI is InChI=1S/C19H23ClN4O4S/c1-2-21-19(23-12-14-6-7-17-18(10-14)28-13-27-17)22-8-9-24-29(25,26)16-5-3-4-15(20)11-16/h3-7,10-11,24H,2,8-9,12-13H2,1H3,(H2,21,22,23). The number of ether oxygens (including phenoxy) is 2. The molecule has 3 N–H and O–H groups in total. The molecular weight excluding hydrogens is 416 g/mol. The normalized spacial score (nSPS) is 13.4. The summed E-state index contributed by atoms with van der Waals surface area (Å²) in [7, 11) is -3.61. The molecule has 0 aliphatic carbocycles. The molecule has 0 atom stereocenters. The van der Waals surface area contributed by atoms with E-state index in [1.807, 2.05) is 25.1 Å². The Hall–Kier alpha value is -2.49. The Bertz CT molecular complexity index is 982. The van der Waals surface area contributed by atoms with Gasteiger partial charge in [-0.2, -0.15) is 0 Å². The summed E-state index contributed by atoms with van der Waals surface area (Å²) in [4.78, 5) is 4.65. The Balaban J connectivity index is 1.52. The maximum atomic E-state index is 12.3. The quantitative estimate of drug-likeness (QED) is 0.331. The van der Waals surface area contributed by atoms with Gasteiger partial charge < -0.3 is 20.1 Å². The molecule has 0 fully saturated rings. The molecule has 1 aliphatic heterocycles. The molecule has 0 saturated heterocycles. The molecule has 29 heavy (non-hydrogen) atoms. The van der Waals surface area contributed by atoms with Gasteiger partial charge >= 0.3 is 0 Å². The van der Waals surface area contributed by atoms with Crippen LogP contribution in [0.4, 0.5) is 0 Å². The number of fused-ring (bicyclic) bond motifs is 1. The average molecular weight is 439 g/mol. The molecule has 0 radical (unpaired) electrons. The lowest BCUT2D eigenvalue weighted by Crippen LogP contribution is -2.41. The first kappa shape index (κ1) is 21.2. The molecule has 0 spiro atoms. The van der Waals surface area contributed by atoms with Crippen molar-refractivity contribution in [3.63, 3.8) is 0 Å². The number of aliphatic imine (C=N–C) groups is 1. The van der Waals surface area contributed by atoms with Gasteiger partial charge in [0.25, 0.3) is 0 Å². The maximum Gasteiger partial charge on any atom is 0.240 e. The Labute approximate surface area is 175 Å². The zero-order chi connectivity index (χ0) is 20.7. The maximum absolute atomic E-state index is 12.3. The molecule has 2 aromatic rings. The summed E-state index contributed by atoms with van der Waals surface area (Å²) in [6.07, 6.45) is 0. The second-order valence-corrected chi connectivity index (χ2v) is 8.37. The predicted molar refractivity (Wildman–Crippen MR) is 112 cm³/mol. The number of benzene rings is 2. The van der Waals surface area contributed by atoms with Crippen molar-refractivity contribution in [2.45, 2.75) is 18.4 Å². The van der Waals surface area contributed by atoms with Crippen LogP contribution < -0.4 is 24.8 Å². The van der Waals surface area contributed by atoms with Crippen LogP contribution in [0.3, 0.4) is 0 Å². The van der Waals surface area contributed by atoms with Gasteiger partial charge in [-0.15, -0.1) is 0 Å². The molecule has 0 bridgehead atoms. The van der Waals surface area contributed by atoms with Crippen molar-refractivity contribution in [3.8, 4) is 11.5 Å². The highest BCUT2D eigenvalue weighted by atomic mass is 35.5. The third kappa shape index (κ3) is 5.99. The van der Waals surface area contributed by atoms with Gasteiger partial charge in [-0.3, -0.25) is 0 Å². The molecule has 1 aliphatic rings. The van der Waals surface area contributed by atoms with Crippen molar-refractivity contribution in [2.24, 2.45) is 4.99 Å². The summed E-state index contributed by atoms with van der Waals surface area (Å²) in [6.45, 7) is 3.88. The van der Waals surface area contributed by atoms with Crippen LogP contribution >= 0.6 is 11.6 Å². The first-order valence-corrected chi connectivity index (χ1v) is 11.0. The van der Waals surface area contributed by atoms with Crippen molar-refractivity contribution < 1.29 is 17.9 Å². The number of guanidine groups is 1. The van der Waals surface area contributed by atoms with Crippen molar-refractivity contribution in [1.82, 2.24) is 15.4 Å². The van der Waals surface area contributed by atoms with Gasteiger partial charge in [0.15, 0.2) is 17.5 Å². The lowest BCUT2D eigenvalue weighted by molar-refractivity contribution is 0.174. The molecule has 3 rings (SSSR count). The molecule has 1 heterocycles. The van der Waals surface area contributed by atoms with Crippen LogP contribution in [-0.4, -0.2) is 40.8 Å². The first-order valence-electron chi connectivity index (χ1n) is 9.14. The molecule has 0 unspecified atom stereocenters. The molecule has 8 nitrogen and oxygen atoms in total. The van der Waals surface area contributed by atoms with E-state index in [-0.39, 0.29) is 18.2 Å². The molecule has 156 valence electrons. The summed E-state index contributed by atoms with van der Waals surface area (Å²) in [6, 6.07) is 11.8. The van der Waals surface area contributed by atoms with Crippen LogP contribution in [-0.2, 0) is 16.6 Å². The zero-order valence-corrected chi connectivity index (χ0v) is 17.5. The predicted octanol–water partition coefficient (Wildman–Crippen LogP) is 2.10. The van der Waals surface area contributed by atoms with E-state index < -0.39 is 10.0 Å². The van der Waals surface area contributed by atoms with Crippen LogP contribution in [0.1, 0.15) is 12.5 Å². The van der Waals surface area contributed by atoms with E-state index in [2.05, 4.69) is 20.3 Å². The number of sulfonamides is 1. The van der Waals surface area contributed by atoms with Crippen molar-refractivity contribution >= 4 is 27.6 Å². The Morgan fingerprint density at radius 1 is 1.10 bits per heavy atom. The Morgan fingerprint density at radius 2 is 1.93 bits per heavy atom. The van der Waals surface area contributed by atoms with Gasteiger partial charge in [-0.05, 0) is 42.8 Å². The monoisotopic (exact) mass is 438 g/mol. The highest BCUT2D eigenvalue weighted by Crippen LogP contribution is 2.32. The van der Waals surface area contributed by atoms with E-state index >= 15 is 0 Å². The lowest BCUT2D eigenvalue weighted by atomic mass is 10.2. The number of halogens is 1. The van der Waals surface area contributed by atoms with Crippen molar-refractivity contribution in [2.75, 3.05) is 26.4 Å². The molecular formula is C19H23ClN4O4S. The minimum atomic E-state index is -3.61. The smallest absolute Gasteiger partial charge is 0.240 e. The third-order valence-corrected chi connectivity index (χ3v) is 5.71. The van der Waals surface area contributed by atoms with E-state index in [1.165, 1.54) is 12.1 Å². The summed E-state index contributed by atoms with van der Waals surface area (Å²) in [5, 5.41) is 6.61. The number of nitrogens with zero attached hydrogens (tertiary/aromatic N) is 1. The van der Waals surface area contributed by atoms with E-state index in [4.69, 9.17) is 21.1 Å². The minimum absolute atomic E-state index is 0.133. The van der Waals surface area contributed by atoms with Crippen LogP contribution in [0.5, 0.6) is 11.5 Å². The SMILES string of the molecule is CCNC(=NCc1ccc2c(c1)OCO2)NCCNS(=O)(=O)c1cccc(Cl)c1. The van der Waals surface area contributed by atoms with Crippen LogP contribution in [0.2, 0.25) is 5.02 Å².